The Balaban J connectivity index is 2.94. The number of nitrogens with one attached hydrogen (secondary N) is 1. The van der Waals surface area contributed by atoms with Crippen LogP contribution in [0.15, 0.2) is 16.6 Å². The number of aryl methyl sites for hydroxylation is 1. The molecule has 1 nitrogen and oxygen atoms in total. The average molecular weight is 354 g/mol. The maximum atomic E-state index is 13.4. The number of rotatable bonds is 0. The molecule has 0 saturated carbocycles. The van der Waals surface area contributed by atoms with Crippen LogP contribution in [0.25, 0.3) is 10.9 Å². The molecular weight excluding hydrogens is 348 g/mol. The lowest BCUT2D eigenvalue weighted by Gasteiger charge is -1.94. The van der Waals surface area contributed by atoms with Crippen molar-refractivity contribution in [1.82, 2.24) is 4.98 Å². The zero-order chi connectivity index (χ0) is 9.59. The van der Waals surface area contributed by atoms with Crippen molar-refractivity contribution in [1.29, 1.82) is 0 Å². The third-order valence-corrected chi connectivity index (χ3v) is 3.78. The van der Waals surface area contributed by atoms with Crippen LogP contribution in [0.3, 0.4) is 0 Å². The Morgan fingerprint density at radius 1 is 1.46 bits per heavy atom. The zero-order valence-corrected chi connectivity index (χ0v) is 10.5. The molecule has 0 bridgehead atoms. The van der Waals surface area contributed by atoms with E-state index in [0.717, 1.165) is 19.1 Å². The molecule has 2 rings (SSSR count). The second kappa shape index (κ2) is 3.24. The van der Waals surface area contributed by atoms with Gasteiger partial charge in [0.1, 0.15) is 5.82 Å². The molecule has 0 aliphatic rings. The fourth-order valence-electron chi connectivity index (χ4n) is 1.32. The van der Waals surface area contributed by atoms with Crippen LogP contribution in [0.1, 0.15) is 5.69 Å². The highest BCUT2D eigenvalue weighted by Gasteiger charge is 2.09. The van der Waals surface area contributed by atoms with Crippen LogP contribution in [-0.2, 0) is 0 Å². The largest absolute Gasteiger partial charge is 0.355 e. The molecule has 68 valence electrons. The van der Waals surface area contributed by atoms with Crippen LogP contribution in [0.5, 0.6) is 0 Å². The molecule has 0 atom stereocenters. The van der Waals surface area contributed by atoms with Crippen LogP contribution >= 0.6 is 38.5 Å². The van der Waals surface area contributed by atoms with E-state index in [1.54, 1.807) is 0 Å². The zero-order valence-electron chi connectivity index (χ0n) is 6.79. The summed E-state index contributed by atoms with van der Waals surface area (Å²) in [6, 6.07) is 3.39. The summed E-state index contributed by atoms with van der Waals surface area (Å²) in [6.07, 6.45) is 0. The number of H-pyrrole nitrogens is 1. The van der Waals surface area contributed by atoms with Crippen LogP contribution in [0.4, 0.5) is 4.39 Å². The van der Waals surface area contributed by atoms with E-state index in [0.29, 0.717) is 5.52 Å². The summed E-state index contributed by atoms with van der Waals surface area (Å²) < 4.78 is 15.2. The van der Waals surface area contributed by atoms with E-state index in [9.17, 15) is 4.39 Å². The molecule has 1 aromatic carbocycles. The number of aromatic nitrogens is 1. The molecular formula is C9H6BrFIN. The van der Waals surface area contributed by atoms with Gasteiger partial charge in [-0.15, -0.1) is 0 Å². The molecule has 0 aliphatic carbocycles. The highest BCUT2D eigenvalue weighted by Crippen LogP contribution is 2.28. The standard InChI is InChI=1S/C9H6BrFIN/c1-4-8(12)6-2-5(10)3-7(11)9(6)13-4/h2-3,13H,1H3. The van der Waals surface area contributed by atoms with Crippen molar-refractivity contribution in [3.63, 3.8) is 0 Å². The molecule has 4 heteroatoms. The highest BCUT2D eigenvalue weighted by molar-refractivity contribution is 14.1. The average Bonchev–Trinajstić information content (AvgIpc) is 2.32. The van der Waals surface area contributed by atoms with Gasteiger partial charge in [-0.25, -0.2) is 4.39 Å². The molecule has 0 radical (unpaired) electrons. The normalized spacial score (nSPS) is 11.1. The van der Waals surface area contributed by atoms with Gasteiger partial charge in [-0.3, -0.25) is 0 Å². The number of hydrogen-bond donors (Lipinski definition) is 1. The third kappa shape index (κ3) is 1.50. The molecule has 1 aromatic heterocycles. The molecule has 0 aliphatic heterocycles. The van der Waals surface area contributed by atoms with Crippen molar-refractivity contribution >= 4 is 49.4 Å². The summed E-state index contributed by atoms with van der Waals surface area (Å²) in [4.78, 5) is 3.02. The molecule has 1 N–H and O–H groups in total. The van der Waals surface area contributed by atoms with E-state index in [1.807, 2.05) is 13.0 Å². The minimum absolute atomic E-state index is 0.213. The molecule has 0 saturated heterocycles. The Morgan fingerprint density at radius 3 is 2.85 bits per heavy atom. The van der Waals surface area contributed by atoms with Gasteiger partial charge in [0, 0.05) is 19.1 Å². The first-order valence-corrected chi connectivity index (χ1v) is 5.59. The number of fused-ring (bicyclic) bond motifs is 1. The molecule has 0 spiro atoms. The molecule has 0 fully saturated rings. The van der Waals surface area contributed by atoms with Gasteiger partial charge in [0.15, 0.2) is 0 Å². The Bertz CT molecular complexity index is 478. The van der Waals surface area contributed by atoms with Crippen molar-refractivity contribution in [2.75, 3.05) is 0 Å². The van der Waals surface area contributed by atoms with Crippen molar-refractivity contribution in [2.24, 2.45) is 0 Å². The van der Waals surface area contributed by atoms with Crippen molar-refractivity contribution in [3.8, 4) is 0 Å². The van der Waals surface area contributed by atoms with Crippen molar-refractivity contribution < 1.29 is 4.39 Å². The van der Waals surface area contributed by atoms with Gasteiger partial charge in [-0.2, -0.15) is 0 Å². The van der Waals surface area contributed by atoms with E-state index >= 15 is 0 Å². The number of hydrogen-bond acceptors (Lipinski definition) is 0. The Labute approximate surface area is 97.0 Å². The second-order valence-corrected chi connectivity index (χ2v) is 4.87. The second-order valence-electron chi connectivity index (χ2n) is 2.87. The molecule has 13 heavy (non-hydrogen) atoms. The first kappa shape index (κ1) is 9.45. The monoisotopic (exact) mass is 353 g/mol. The van der Waals surface area contributed by atoms with Crippen LogP contribution in [0.2, 0.25) is 0 Å². The topological polar surface area (TPSA) is 15.8 Å². The lowest BCUT2D eigenvalue weighted by molar-refractivity contribution is 0.636. The van der Waals surface area contributed by atoms with E-state index < -0.39 is 0 Å². The summed E-state index contributed by atoms with van der Waals surface area (Å²) in [5.74, 6) is -0.213. The van der Waals surface area contributed by atoms with Crippen LogP contribution in [-0.4, -0.2) is 4.98 Å². The predicted octanol–water partition coefficient (Wildman–Crippen LogP) is 3.98. The quantitative estimate of drug-likeness (QED) is 0.689. The molecule has 1 heterocycles. The Kier molecular flexibility index (Phi) is 2.35. The molecule has 2 aromatic rings. The van der Waals surface area contributed by atoms with Gasteiger partial charge in [-0.05, 0) is 41.6 Å². The smallest absolute Gasteiger partial charge is 0.148 e. The van der Waals surface area contributed by atoms with Gasteiger partial charge in [0.25, 0.3) is 0 Å². The van der Waals surface area contributed by atoms with Gasteiger partial charge >= 0.3 is 0 Å². The van der Waals surface area contributed by atoms with E-state index in [-0.39, 0.29) is 5.82 Å². The summed E-state index contributed by atoms with van der Waals surface area (Å²) in [6.45, 7) is 1.94. The van der Waals surface area contributed by atoms with Crippen LogP contribution < -0.4 is 0 Å². The van der Waals surface area contributed by atoms with Gasteiger partial charge in [-0.1, -0.05) is 15.9 Å². The number of halogens is 3. The molecule has 0 amide bonds. The van der Waals surface area contributed by atoms with E-state index in [1.165, 1.54) is 6.07 Å². The van der Waals surface area contributed by atoms with Crippen molar-refractivity contribution in [3.05, 3.63) is 31.7 Å². The van der Waals surface area contributed by atoms with Crippen LogP contribution in [0, 0.1) is 16.3 Å². The van der Waals surface area contributed by atoms with Crippen molar-refractivity contribution in [2.45, 2.75) is 6.92 Å². The minimum Gasteiger partial charge on any atom is -0.355 e. The Hall–Kier alpha value is -0.100. The summed E-state index contributed by atoms with van der Waals surface area (Å²) >= 11 is 5.48. The van der Waals surface area contributed by atoms with E-state index in [2.05, 4.69) is 43.5 Å². The molecule has 0 unspecified atom stereocenters. The lowest BCUT2D eigenvalue weighted by Crippen LogP contribution is -1.77. The highest BCUT2D eigenvalue weighted by atomic mass is 127. The predicted molar refractivity (Wildman–Crippen MR) is 63.4 cm³/mol. The fourth-order valence-corrected chi connectivity index (χ4v) is 2.31. The first-order chi connectivity index (χ1) is 6.09. The summed E-state index contributed by atoms with van der Waals surface area (Å²) in [7, 11) is 0. The van der Waals surface area contributed by atoms with E-state index in [4.69, 9.17) is 0 Å². The van der Waals surface area contributed by atoms with Gasteiger partial charge in [0.2, 0.25) is 0 Å². The van der Waals surface area contributed by atoms with Gasteiger partial charge in [0.05, 0.1) is 5.52 Å². The maximum absolute atomic E-state index is 13.4. The summed E-state index contributed by atoms with van der Waals surface area (Å²) in [5, 5.41) is 0.935. The first-order valence-electron chi connectivity index (χ1n) is 3.72. The third-order valence-electron chi connectivity index (χ3n) is 1.93. The lowest BCUT2D eigenvalue weighted by atomic mass is 10.2. The Morgan fingerprint density at radius 2 is 2.15 bits per heavy atom. The minimum atomic E-state index is -0.213. The number of aromatic amines is 1. The maximum Gasteiger partial charge on any atom is 0.148 e. The fraction of sp³-hybridized carbons (Fsp3) is 0.111. The summed E-state index contributed by atoms with van der Waals surface area (Å²) in [5.41, 5.74) is 1.60. The number of benzene rings is 1. The van der Waals surface area contributed by atoms with Gasteiger partial charge < -0.3 is 4.98 Å². The SMILES string of the molecule is Cc1[nH]c2c(F)cc(Br)cc2c1I.